The summed E-state index contributed by atoms with van der Waals surface area (Å²) in [6.07, 6.45) is 1.64. The highest BCUT2D eigenvalue weighted by Crippen LogP contribution is 1.87. The molecule has 0 spiro atoms. The molecule has 6 heteroatoms. The highest BCUT2D eigenvalue weighted by atomic mass is 16.3. The lowest BCUT2D eigenvalue weighted by Gasteiger charge is -2.05. The molecule has 1 amide bonds. The Bertz CT molecular complexity index is 352. The number of carbonyl (C=O) groups excluding carboxylic acids is 1. The molecule has 1 unspecified atom stereocenters. The maximum Gasteiger partial charge on any atom is 0.271 e. The van der Waals surface area contributed by atoms with E-state index in [-0.39, 0.29) is 17.8 Å². The molecule has 14 heavy (non-hydrogen) atoms. The minimum absolute atomic E-state index is 0.116. The summed E-state index contributed by atoms with van der Waals surface area (Å²) in [5, 5.41) is 11.3. The summed E-state index contributed by atoms with van der Waals surface area (Å²) >= 11 is 0. The van der Waals surface area contributed by atoms with E-state index < -0.39 is 12.0 Å². The molecule has 1 aromatic heterocycles. The first-order valence-corrected chi connectivity index (χ1v) is 4.10. The first-order valence-electron chi connectivity index (χ1n) is 4.10. The van der Waals surface area contributed by atoms with Gasteiger partial charge in [-0.15, -0.1) is 0 Å². The van der Waals surface area contributed by atoms with Crippen molar-refractivity contribution in [3.63, 3.8) is 0 Å². The minimum Gasteiger partial charge on any atom is -0.392 e. The number of nitrogens with one attached hydrogen (secondary N) is 2. The molecule has 0 fully saturated rings. The van der Waals surface area contributed by atoms with Gasteiger partial charge < -0.3 is 15.4 Å². The molecule has 3 N–H and O–H groups in total. The molecule has 0 aliphatic heterocycles. The van der Waals surface area contributed by atoms with Crippen LogP contribution in [0, 0.1) is 0 Å². The molecule has 0 bridgehead atoms. The topological polar surface area (TPSA) is 95.1 Å². The van der Waals surface area contributed by atoms with Gasteiger partial charge in [0.1, 0.15) is 5.69 Å². The van der Waals surface area contributed by atoms with Crippen LogP contribution in [0.25, 0.3) is 0 Å². The van der Waals surface area contributed by atoms with E-state index in [9.17, 15) is 9.59 Å². The van der Waals surface area contributed by atoms with Gasteiger partial charge >= 0.3 is 0 Å². The number of aromatic amines is 1. The first kappa shape index (κ1) is 10.4. The molecule has 1 aromatic rings. The fraction of sp³-hybridized carbons (Fsp3) is 0.375. The third kappa shape index (κ3) is 2.98. The van der Waals surface area contributed by atoms with E-state index in [0.29, 0.717) is 0 Å². The number of amides is 1. The molecule has 1 atom stereocenters. The summed E-state index contributed by atoms with van der Waals surface area (Å²) < 4.78 is 0. The van der Waals surface area contributed by atoms with Crippen molar-refractivity contribution in [2.24, 2.45) is 0 Å². The molecule has 0 radical (unpaired) electrons. The van der Waals surface area contributed by atoms with Crippen LogP contribution in [0.15, 0.2) is 17.2 Å². The summed E-state index contributed by atoms with van der Waals surface area (Å²) in [6.45, 7) is 1.71. The van der Waals surface area contributed by atoms with Crippen LogP contribution in [-0.2, 0) is 0 Å². The van der Waals surface area contributed by atoms with E-state index in [2.05, 4.69) is 15.3 Å². The predicted octanol–water partition coefficient (Wildman–Crippen LogP) is -1.12. The van der Waals surface area contributed by atoms with E-state index in [4.69, 9.17) is 5.11 Å². The van der Waals surface area contributed by atoms with Gasteiger partial charge in [0, 0.05) is 12.7 Å². The second kappa shape index (κ2) is 4.52. The lowest BCUT2D eigenvalue weighted by Crippen LogP contribution is -2.31. The zero-order valence-electron chi connectivity index (χ0n) is 7.65. The highest BCUT2D eigenvalue weighted by molar-refractivity contribution is 5.91. The molecular weight excluding hydrogens is 186 g/mol. The SMILES string of the molecule is CC(O)CNC(=O)c1c[nH]c(=O)cn1. The third-order valence-electron chi connectivity index (χ3n) is 1.46. The average molecular weight is 197 g/mol. The van der Waals surface area contributed by atoms with Crippen LogP contribution in [0.1, 0.15) is 17.4 Å². The standard InChI is InChI=1S/C8H11N3O3/c1-5(12)2-11-8(14)6-3-10-7(13)4-9-6/h3-5,12H,2H2,1H3,(H,10,13)(H,11,14). The molecular formula is C8H11N3O3. The first-order chi connectivity index (χ1) is 6.59. The van der Waals surface area contributed by atoms with Crippen LogP contribution in [0.4, 0.5) is 0 Å². The number of aromatic nitrogens is 2. The molecule has 0 saturated carbocycles. The van der Waals surface area contributed by atoms with E-state index in [1.54, 1.807) is 6.92 Å². The fourth-order valence-electron chi connectivity index (χ4n) is 0.797. The largest absolute Gasteiger partial charge is 0.392 e. The van der Waals surface area contributed by atoms with E-state index in [0.717, 1.165) is 6.20 Å². The number of carbonyl (C=O) groups is 1. The maximum atomic E-state index is 11.3. The van der Waals surface area contributed by atoms with Gasteiger partial charge in [-0.05, 0) is 6.92 Å². The zero-order valence-corrected chi connectivity index (χ0v) is 7.65. The summed E-state index contributed by atoms with van der Waals surface area (Å²) in [5.41, 5.74) is -0.248. The number of rotatable bonds is 3. The van der Waals surface area contributed by atoms with Crippen LogP contribution >= 0.6 is 0 Å². The number of hydrogen-bond acceptors (Lipinski definition) is 4. The Balaban J connectivity index is 2.61. The van der Waals surface area contributed by atoms with E-state index >= 15 is 0 Å². The van der Waals surface area contributed by atoms with Gasteiger partial charge in [-0.3, -0.25) is 9.59 Å². The minimum atomic E-state index is -0.610. The summed E-state index contributed by atoms with van der Waals surface area (Å²) in [6, 6.07) is 0. The second-order valence-electron chi connectivity index (χ2n) is 2.86. The molecule has 6 nitrogen and oxygen atoms in total. The Morgan fingerprint density at radius 2 is 2.50 bits per heavy atom. The van der Waals surface area contributed by atoms with Crippen LogP contribution < -0.4 is 10.9 Å². The summed E-state index contributed by atoms with van der Waals surface area (Å²) in [5.74, 6) is -0.429. The Hall–Kier alpha value is -1.69. The molecule has 76 valence electrons. The van der Waals surface area contributed by atoms with Gasteiger partial charge in [0.2, 0.25) is 0 Å². The number of hydrogen-bond donors (Lipinski definition) is 3. The summed E-state index contributed by atoms with van der Waals surface area (Å²) in [7, 11) is 0. The van der Waals surface area contributed by atoms with Crippen molar-refractivity contribution in [1.29, 1.82) is 0 Å². The highest BCUT2D eigenvalue weighted by Gasteiger charge is 2.06. The third-order valence-corrected chi connectivity index (χ3v) is 1.46. The maximum absolute atomic E-state index is 11.3. The van der Waals surface area contributed by atoms with Crippen molar-refractivity contribution in [3.05, 3.63) is 28.4 Å². The van der Waals surface area contributed by atoms with Crippen molar-refractivity contribution in [2.75, 3.05) is 6.54 Å². The van der Waals surface area contributed by atoms with Gasteiger partial charge in [0.25, 0.3) is 11.5 Å². The second-order valence-corrected chi connectivity index (χ2v) is 2.86. The van der Waals surface area contributed by atoms with Crippen LogP contribution in [-0.4, -0.2) is 33.6 Å². The van der Waals surface area contributed by atoms with E-state index in [1.807, 2.05) is 0 Å². The van der Waals surface area contributed by atoms with Crippen LogP contribution in [0.5, 0.6) is 0 Å². The average Bonchev–Trinajstić information content (AvgIpc) is 2.15. The molecule has 1 rings (SSSR count). The lowest BCUT2D eigenvalue weighted by molar-refractivity contribution is 0.0918. The van der Waals surface area contributed by atoms with Crippen LogP contribution in [0.3, 0.4) is 0 Å². The van der Waals surface area contributed by atoms with Gasteiger partial charge in [0.15, 0.2) is 0 Å². The molecule has 0 saturated heterocycles. The monoisotopic (exact) mass is 197 g/mol. The number of aliphatic hydroxyl groups excluding tert-OH is 1. The Morgan fingerprint density at radius 1 is 1.79 bits per heavy atom. The molecule has 1 heterocycles. The van der Waals surface area contributed by atoms with Crippen molar-refractivity contribution in [1.82, 2.24) is 15.3 Å². The summed E-state index contributed by atoms with van der Waals surface area (Å²) in [4.78, 5) is 27.8. The van der Waals surface area contributed by atoms with Crippen molar-refractivity contribution in [2.45, 2.75) is 13.0 Å². The number of nitrogens with zero attached hydrogens (tertiary/aromatic N) is 1. The van der Waals surface area contributed by atoms with E-state index in [1.165, 1.54) is 6.20 Å². The Morgan fingerprint density at radius 3 is 3.00 bits per heavy atom. The van der Waals surface area contributed by atoms with Crippen molar-refractivity contribution < 1.29 is 9.90 Å². The zero-order chi connectivity index (χ0) is 10.6. The molecule has 0 aromatic carbocycles. The number of aliphatic hydroxyl groups is 1. The van der Waals surface area contributed by atoms with Gasteiger partial charge in [-0.2, -0.15) is 0 Å². The van der Waals surface area contributed by atoms with Crippen molar-refractivity contribution >= 4 is 5.91 Å². The Kier molecular flexibility index (Phi) is 3.35. The number of H-pyrrole nitrogens is 1. The predicted molar refractivity (Wildman–Crippen MR) is 48.9 cm³/mol. The lowest BCUT2D eigenvalue weighted by atomic mass is 10.3. The molecule has 0 aliphatic carbocycles. The quantitative estimate of drug-likeness (QED) is 0.572. The Labute approximate surface area is 80.0 Å². The van der Waals surface area contributed by atoms with Gasteiger partial charge in [-0.25, -0.2) is 4.98 Å². The normalized spacial score (nSPS) is 12.1. The van der Waals surface area contributed by atoms with Crippen LogP contribution in [0.2, 0.25) is 0 Å². The van der Waals surface area contributed by atoms with Gasteiger partial charge in [0.05, 0.1) is 12.3 Å². The molecule has 0 aliphatic rings. The van der Waals surface area contributed by atoms with Gasteiger partial charge in [-0.1, -0.05) is 0 Å². The smallest absolute Gasteiger partial charge is 0.271 e. The fourth-order valence-corrected chi connectivity index (χ4v) is 0.797. The van der Waals surface area contributed by atoms with Crippen molar-refractivity contribution in [3.8, 4) is 0 Å².